The number of aromatic nitrogens is 2. The van der Waals surface area contributed by atoms with E-state index in [1.54, 1.807) is 18.6 Å². The first-order chi connectivity index (χ1) is 10.7. The van der Waals surface area contributed by atoms with Gasteiger partial charge in [-0.1, -0.05) is 30.3 Å². The number of hydrogen-bond donors (Lipinski definition) is 0. The van der Waals surface area contributed by atoms with E-state index in [0.717, 1.165) is 14.8 Å². The summed E-state index contributed by atoms with van der Waals surface area (Å²) in [7, 11) is 0. The number of nitrogens with zero attached hydrogens (tertiary/aromatic N) is 2. The van der Waals surface area contributed by atoms with Crippen molar-refractivity contribution in [2.75, 3.05) is 0 Å². The molecule has 0 fully saturated rings. The molecule has 0 saturated heterocycles. The first-order valence-electron chi connectivity index (χ1n) is 6.79. The van der Waals surface area contributed by atoms with E-state index in [2.05, 4.69) is 27.6 Å². The van der Waals surface area contributed by atoms with Crippen molar-refractivity contribution < 1.29 is 4.79 Å². The number of rotatable bonds is 4. The molecule has 108 valence electrons. The lowest BCUT2D eigenvalue weighted by Crippen LogP contribution is -1.93. The molecule has 0 atom stereocenters. The lowest BCUT2D eigenvalue weighted by atomic mass is 10.1. The molecule has 0 aliphatic heterocycles. The molecule has 4 heteroatoms. The molecular weight excluding hydrogens is 387 g/mol. The van der Waals surface area contributed by atoms with Crippen LogP contribution in [0.5, 0.6) is 0 Å². The lowest BCUT2D eigenvalue weighted by Gasteiger charge is -2.02. The van der Waals surface area contributed by atoms with Gasteiger partial charge in [-0.2, -0.15) is 0 Å². The first-order valence-corrected chi connectivity index (χ1v) is 7.87. The summed E-state index contributed by atoms with van der Waals surface area (Å²) < 4.78 is 3.05. The molecule has 1 heterocycles. The third-order valence-corrected chi connectivity index (χ3v) is 3.97. The highest BCUT2D eigenvalue weighted by Crippen LogP contribution is 2.12. The molecule has 22 heavy (non-hydrogen) atoms. The van der Waals surface area contributed by atoms with Crippen LogP contribution in [-0.4, -0.2) is 15.3 Å². The van der Waals surface area contributed by atoms with Crippen molar-refractivity contribution in [2.24, 2.45) is 0 Å². The molecule has 3 aromatic rings. The first kappa shape index (κ1) is 14.7. The van der Waals surface area contributed by atoms with E-state index in [0.29, 0.717) is 5.56 Å². The molecule has 2 aromatic carbocycles. The standard InChI is InChI=1S/C18H13IN2O/c19-16-6-4-15(5-7-16)18(22)10-3-14-1-8-17(9-2-14)21-12-11-20-13-21/h1-13H/b10-3+. The summed E-state index contributed by atoms with van der Waals surface area (Å²) in [6, 6.07) is 15.5. The van der Waals surface area contributed by atoms with Crippen LogP contribution in [0, 0.1) is 3.57 Å². The molecule has 0 N–H and O–H groups in total. The Balaban J connectivity index is 1.72. The van der Waals surface area contributed by atoms with Gasteiger partial charge in [0.05, 0.1) is 6.33 Å². The quantitative estimate of drug-likeness (QED) is 0.370. The summed E-state index contributed by atoms with van der Waals surface area (Å²) in [6.45, 7) is 0. The van der Waals surface area contributed by atoms with Gasteiger partial charge in [-0.15, -0.1) is 0 Å². The largest absolute Gasteiger partial charge is 0.306 e. The van der Waals surface area contributed by atoms with Crippen LogP contribution >= 0.6 is 22.6 Å². The fraction of sp³-hybridized carbons (Fsp3) is 0. The van der Waals surface area contributed by atoms with Gasteiger partial charge in [0, 0.05) is 27.2 Å². The summed E-state index contributed by atoms with van der Waals surface area (Å²) in [6.07, 6.45) is 8.83. The minimum Gasteiger partial charge on any atom is -0.306 e. The van der Waals surface area contributed by atoms with Gasteiger partial charge < -0.3 is 4.57 Å². The molecule has 0 amide bonds. The highest BCUT2D eigenvalue weighted by molar-refractivity contribution is 14.1. The van der Waals surface area contributed by atoms with Crippen molar-refractivity contribution in [1.82, 2.24) is 9.55 Å². The number of halogens is 1. The maximum Gasteiger partial charge on any atom is 0.185 e. The lowest BCUT2D eigenvalue weighted by molar-refractivity contribution is 0.104. The Morgan fingerprint density at radius 1 is 1.05 bits per heavy atom. The molecule has 0 aliphatic rings. The smallest absolute Gasteiger partial charge is 0.185 e. The third kappa shape index (κ3) is 3.51. The Hall–Kier alpha value is -2.21. The average Bonchev–Trinajstić information content (AvgIpc) is 3.08. The van der Waals surface area contributed by atoms with Crippen molar-refractivity contribution in [1.29, 1.82) is 0 Å². The maximum atomic E-state index is 12.1. The predicted molar refractivity (Wildman–Crippen MR) is 96.1 cm³/mol. The normalized spacial score (nSPS) is 11.0. The van der Waals surface area contributed by atoms with Gasteiger partial charge in [0.1, 0.15) is 0 Å². The minimum atomic E-state index is 0.00934. The van der Waals surface area contributed by atoms with Gasteiger partial charge >= 0.3 is 0 Å². The minimum absolute atomic E-state index is 0.00934. The van der Waals surface area contributed by atoms with Gasteiger partial charge in [-0.25, -0.2) is 4.98 Å². The molecule has 0 spiro atoms. The molecule has 0 radical (unpaired) electrons. The number of ketones is 1. The fourth-order valence-electron chi connectivity index (χ4n) is 2.05. The predicted octanol–water partition coefficient (Wildman–Crippen LogP) is 4.37. The molecule has 0 aliphatic carbocycles. The molecule has 0 unspecified atom stereocenters. The van der Waals surface area contributed by atoms with Crippen molar-refractivity contribution in [3.05, 3.63) is 88.0 Å². The van der Waals surface area contributed by atoms with Crippen LogP contribution in [-0.2, 0) is 0 Å². The zero-order valence-corrected chi connectivity index (χ0v) is 13.8. The number of carbonyl (C=O) groups excluding carboxylic acids is 1. The number of benzene rings is 2. The Kier molecular flexibility index (Phi) is 4.48. The number of carbonyl (C=O) groups is 1. The second kappa shape index (κ2) is 6.70. The Labute approximate surface area is 142 Å². The maximum absolute atomic E-state index is 12.1. The van der Waals surface area contributed by atoms with E-state index >= 15 is 0 Å². The molecular formula is C18H13IN2O. The van der Waals surface area contributed by atoms with Crippen molar-refractivity contribution in [3.63, 3.8) is 0 Å². The van der Waals surface area contributed by atoms with E-state index in [4.69, 9.17) is 0 Å². The van der Waals surface area contributed by atoms with Crippen LogP contribution in [0.25, 0.3) is 11.8 Å². The summed E-state index contributed by atoms with van der Waals surface area (Å²) >= 11 is 2.22. The van der Waals surface area contributed by atoms with Crippen LogP contribution in [0.15, 0.2) is 73.3 Å². The molecule has 3 nitrogen and oxygen atoms in total. The van der Waals surface area contributed by atoms with Gasteiger partial charge in [0.2, 0.25) is 0 Å². The highest BCUT2D eigenvalue weighted by Gasteiger charge is 2.01. The van der Waals surface area contributed by atoms with Crippen LogP contribution in [0.3, 0.4) is 0 Å². The Morgan fingerprint density at radius 3 is 2.41 bits per heavy atom. The van der Waals surface area contributed by atoms with E-state index in [-0.39, 0.29) is 5.78 Å². The summed E-state index contributed by atoms with van der Waals surface area (Å²) in [5, 5.41) is 0. The van der Waals surface area contributed by atoms with Gasteiger partial charge in [-0.3, -0.25) is 4.79 Å². The second-order valence-electron chi connectivity index (χ2n) is 4.77. The molecule has 3 rings (SSSR count). The van der Waals surface area contributed by atoms with Gasteiger partial charge in [0.25, 0.3) is 0 Å². The van der Waals surface area contributed by atoms with Crippen LogP contribution in [0.4, 0.5) is 0 Å². The second-order valence-corrected chi connectivity index (χ2v) is 6.01. The third-order valence-electron chi connectivity index (χ3n) is 3.25. The average molecular weight is 400 g/mol. The summed E-state index contributed by atoms with van der Waals surface area (Å²) in [5.41, 5.74) is 2.73. The summed E-state index contributed by atoms with van der Waals surface area (Å²) in [5.74, 6) is 0.00934. The van der Waals surface area contributed by atoms with Gasteiger partial charge in [-0.05, 0) is 58.5 Å². The number of allylic oxidation sites excluding steroid dienone is 1. The van der Waals surface area contributed by atoms with Gasteiger partial charge in [0.15, 0.2) is 5.78 Å². The van der Waals surface area contributed by atoms with Crippen molar-refractivity contribution in [3.8, 4) is 5.69 Å². The Bertz CT molecular complexity index is 788. The number of hydrogen-bond acceptors (Lipinski definition) is 2. The van der Waals surface area contributed by atoms with E-state index in [9.17, 15) is 4.79 Å². The molecule has 0 bridgehead atoms. The molecule has 1 aromatic heterocycles. The topological polar surface area (TPSA) is 34.9 Å². The van der Waals surface area contributed by atoms with Crippen LogP contribution in [0.2, 0.25) is 0 Å². The van der Waals surface area contributed by atoms with Crippen LogP contribution in [0.1, 0.15) is 15.9 Å². The van der Waals surface area contributed by atoms with E-state index < -0.39 is 0 Å². The number of imidazole rings is 1. The summed E-state index contributed by atoms with van der Waals surface area (Å²) in [4.78, 5) is 16.1. The SMILES string of the molecule is O=C(/C=C/c1ccc(-n2ccnc2)cc1)c1ccc(I)cc1. The van der Waals surface area contributed by atoms with E-state index in [1.807, 2.05) is 65.4 Å². The highest BCUT2D eigenvalue weighted by atomic mass is 127. The zero-order chi connectivity index (χ0) is 15.4. The monoisotopic (exact) mass is 400 g/mol. The van der Waals surface area contributed by atoms with Crippen molar-refractivity contribution in [2.45, 2.75) is 0 Å². The fourth-order valence-corrected chi connectivity index (χ4v) is 2.41. The molecule has 0 saturated carbocycles. The van der Waals surface area contributed by atoms with Crippen LogP contribution < -0.4 is 0 Å². The van der Waals surface area contributed by atoms with Crippen molar-refractivity contribution >= 4 is 34.5 Å². The zero-order valence-electron chi connectivity index (χ0n) is 11.7. The Morgan fingerprint density at radius 2 is 1.77 bits per heavy atom. The van der Waals surface area contributed by atoms with E-state index in [1.165, 1.54) is 0 Å².